The van der Waals surface area contributed by atoms with Crippen LogP contribution in [0.3, 0.4) is 0 Å². The summed E-state index contributed by atoms with van der Waals surface area (Å²) in [4.78, 5) is 16.8. The number of pyridine rings is 1. The van der Waals surface area contributed by atoms with Gasteiger partial charge < -0.3 is 5.32 Å². The van der Waals surface area contributed by atoms with Crippen molar-refractivity contribution in [2.45, 2.75) is 38.0 Å². The van der Waals surface area contributed by atoms with Gasteiger partial charge in [0.25, 0.3) is 0 Å². The molecule has 150 valence electrons. The van der Waals surface area contributed by atoms with E-state index in [2.05, 4.69) is 51.7 Å². The molecule has 30 heavy (non-hydrogen) atoms. The third-order valence-corrected chi connectivity index (χ3v) is 6.02. The molecule has 1 saturated carbocycles. The fraction of sp³-hybridized carbons (Fsp3) is 0.240. The molecule has 2 aromatic carbocycles. The minimum Gasteiger partial charge on any atom is -0.309 e. The number of fused-ring (bicyclic) bond motifs is 1. The molecule has 4 aromatic rings. The van der Waals surface area contributed by atoms with Crippen molar-refractivity contribution >= 4 is 22.6 Å². The third kappa shape index (κ3) is 3.83. The molecule has 0 saturated heterocycles. The van der Waals surface area contributed by atoms with Crippen molar-refractivity contribution in [3.8, 4) is 0 Å². The molecular weight excluding hydrogens is 372 g/mol. The maximum absolute atomic E-state index is 12.5. The summed E-state index contributed by atoms with van der Waals surface area (Å²) in [5.74, 6) is 1.61. The highest BCUT2D eigenvalue weighted by atomic mass is 16.1. The first-order valence-electron chi connectivity index (χ1n) is 10.4. The quantitative estimate of drug-likeness (QED) is 0.492. The first-order chi connectivity index (χ1) is 14.6. The van der Waals surface area contributed by atoms with Crippen LogP contribution < -0.4 is 5.32 Å². The summed E-state index contributed by atoms with van der Waals surface area (Å²) in [7, 11) is 0. The molecule has 0 aliphatic heterocycles. The molecule has 2 N–H and O–H groups in total. The van der Waals surface area contributed by atoms with Crippen LogP contribution in [0.1, 0.15) is 47.1 Å². The minimum atomic E-state index is -0.0672. The van der Waals surface area contributed by atoms with Gasteiger partial charge in [0, 0.05) is 29.3 Å². The second-order valence-corrected chi connectivity index (χ2v) is 8.24. The Kier molecular flexibility index (Phi) is 4.79. The minimum absolute atomic E-state index is 0.0672. The number of carbonyl (C=O) groups is 1. The van der Waals surface area contributed by atoms with Crippen molar-refractivity contribution in [2.75, 3.05) is 5.32 Å². The molecule has 2 aromatic heterocycles. The highest BCUT2D eigenvalue weighted by Gasteiger charge is 2.32. The van der Waals surface area contributed by atoms with Gasteiger partial charge in [-0.15, -0.1) is 0 Å². The Labute approximate surface area is 175 Å². The van der Waals surface area contributed by atoms with Gasteiger partial charge in [0.05, 0.1) is 11.9 Å². The van der Waals surface area contributed by atoms with Crippen LogP contribution >= 0.6 is 0 Å². The molecule has 1 amide bonds. The Balaban J connectivity index is 1.17. The second kappa shape index (κ2) is 7.75. The Hall–Kier alpha value is -3.47. The van der Waals surface area contributed by atoms with Gasteiger partial charge in [-0.1, -0.05) is 42.0 Å². The van der Waals surface area contributed by atoms with E-state index in [1.54, 1.807) is 6.20 Å². The lowest BCUT2D eigenvalue weighted by Crippen LogP contribution is -2.20. The van der Waals surface area contributed by atoms with E-state index in [1.807, 2.05) is 36.4 Å². The fourth-order valence-corrected chi connectivity index (χ4v) is 4.20. The van der Waals surface area contributed by atoms with Crippen LogP contribution in [0.25, 0.3) is 10.9 Å². The van der Waals surface area contributed by atoms with Crippen molar-refractivity contribution in [3.05, 3.63) is 89.2 Å². The molecule has 0 bridgehead atoms. The van der Waals surface area contributed by atoms with Gasteiger partial charge in [0.1, 0.15) is 0 Å². The Bertz CT molecular complexity index is 1190. The first-order valence-corrected chi connectivity index (χ1v) is 10.4. The smallest absolute Gasteiger partial charge is 0.229 e. The number of carbonyl (C=O) groups excluding carboxylic acids is 1. The standard InChI is InChI=1S/C25H24N4O/c1-16-4-7-18(8-5-16)20-13-21(14-20)23-15-24(29-28-23)27-25(30)12-17-6-9-22-19(11-17)3-2-10-26-22/h2-11,15,20-21H,12-14H2,1H3,(H2,27,28,29,30). The number of hydrogen-bond acceptors (Lipinski definition) is 3. The fourth-order valence-electron chi connectivity index (χ4n) is 4.20. The molecule has 5 nitrogen and oxygen atoms in total. The van der Waals surface area contributed by atoms with Crippen molar-refractivity contribution < 1.29 is 4.79 Å². The zero-order chi connectivity index (χ0) is 20.5. The molecule has 0 unspecified atom stereocenters. The highest BCUT2D eigenvalue weighted by Crippen LogP contribution is 2.47. The van der Waals surface area contributed by atoms with Gasteiger partial charge in [0.15, 0.2) is 5.82 Å². The lowest BCUT2D eigenvalue weighted by atomic mass is 9.70. The van der Waals surface area contributed by atoms with E-state index in [1.165, 1.54) is 11.1 Å². The topological polar surface area (TPSA) is 70.7 Å². The van der Waals surface area contributed by atoms with Gasteiger partial charge in [-0.25, -0.2) is 0 Å². The average Bonchev–Trinajstić information content (AvgIpc) is 3.16. The number of H-pyrrole nitrogens is 1. The van der Waals surface area contributed by atoms with Crippen molar-refractivity contribution in [1.29, 1.82) is 0 Å². The summed E-state index contributed by atoms with van der Waals surface area (Å²) >= 11 is 0. The second-order valence-electron chi connectivity index (χ2n) is 8.24. The third-order valence-electron chi connectivity index (χ3n) is 6.02. The van der Waals surface area contributed by atoms with Gasteiger partial charge in [-0.05, 0) is 55.0 Å². The van der Waals surface area contributed by atoms with Crippen LogP contribution in [-0.4, -0.2) is 21.1 Å². The summed E-state index contributed by atoms with van der Waals surface area (Å²) < 4.78 is 0. The molecule has 0 spiro atoms. The van der Waals surface area contributed by atoms with Gasteiger partial charge in [-0.2, -0.15) is 5.10 Å². The highest BCUT2D eigenvalue weighted by molar-refractivity contribution is 5.92. The molecule has 0 atom stereocenters. The van der Waals surface area contributed by atoms with E-state index >= 15 is 0 Å². The summed E-state index contributed by atoms with van der Waals surface area (Å²) in [5, 5.41) is 11.4. The van der Waals surface area contributed by atoms with Gasteiger partial charge >= 0.3 is 0 Å². The molecular formula is C25H24N4O. The van der Waals surface area contributed by atoms with E-state index in [-0.39, 0.29) is 5.91 Å². The number of rotatable bonds is 5. The molecule has 1 aliphatic rings. The molecule has 5 rings (SSSR count). The van der Waals surface area contributed by atoms with E-state index in [4.69, 9.17) is 0 Å². The molecule has 2 heterocycles. The van der Waals surface area contributed by atoms with E-state index in [0.717, 1.165) is 35.0 Å². The SMILES string of the molecule is Cc1ccc(C2CC(c3cc(NC(=O)Cc4ccc5ncccc5c4)n[nH]3)C2)cc1. The molecule has 0 radical (unpaired) electrons. The number of nitrogens with zero attached hydrogens (tertiary/aromatic N) is 2. The normalized spacial score (nSPS) is 18.2. The van der Waals surface area contributed by atoms with Gasteiger partial charge in [0.2, 0.25) is 5.91 Å². The van der Waals surface area contributed by atoms with Crippen LogP contribution in [0.2, 0.25) is 0 Å². The predicted octanol–water partition coefficient (Wildman–Crippen LogP) is 5.11. The van der Waals surface area contributed by atoms with Gasteiger partial charge in [-0.3, -0.25) is 14.9 Å². The number of nitrogens with one attached hydrogen (secondary N) is 2. The zero-order valence-corrected chi connectivity index (χ0v) is 16.9. The number of benzene rings is 2. The summed E-state index contributed by atoms with van der Waals surface area (Å²) in [5.41, 5.74) is 5.71. The molecule has 5 heteroatoms. The van der Waals surface area contributed by atoms with E-state index < -0.39 is 0 Å². The van der Waals surface area contributed by atoms with Crippen molar-refractivity contribution in [3.63, 3.8) is 0 Å². The van der Waals surface area contributed by atoms with Crippen LogP contribution in [0, 0.1) is 6.92 Å². The van der Waals surface area contributed by atoms with E-state index in [9.17, 15) is 4.79 Å². The number of amides is 1. The van der Waals surface area contributed by atoms with Crippen molar-refractivity contribution in [2.24, 2.45) is 0 Å². The zero-order valence-electron chi connectivity index (χ0n) is 16.9. The van der Waals surface area contributed by atoms with Crippen LogP contribution in [0.15, 0.2) is 66.9 Å². The largest absolute Gasteiger partial charge is 0.309 e. The molecule has 1 fully saturated rings. The summed E-state index contributed by atoms with van der Waals surface area (Å²) in [6, 6.07) is 20.6. The maximum Gasteiger partial charge on any atom is 0.229 e. The number of aromatic nitrogens is 3. The number of hydrogen-bond donors (Lipinski definition) is 2. The predicted molar refractivity (Wildman–Crippen MR) is 119 cm³/mol. The summed E-state index contributed by atoms with van der Waals surface area (Å²) in [6.45, 7) is 2.12. The lowest BCUT2D eigenvalue weighted by molar-refractivity contribution is -0.115. The lowest BCUT2D eigenvalue weighted by Gasteiger charge is -2.35. The van der Waals surface area contributed by atoms with Crippen LogP contribution in [0.5, 0.6) is 0 Å². The van der Waals surface area contributed by atoms with E-state index in [0.29, 0.717) is 24.1 Å². The maximum atomic E-state index is 12.5. The van der Waals surface area contributed by atoms with Crippen LogP contribution in [-0.2, 0) is 11.2 Å². The number of aromatic amines is 1. The monoisotopic (exact) mass is 396 g/mol. The molecule has 1 aliphatic carbocycles. The first kappa shape index (κ1) is 18.6. The number of anilines is 1. The summed E-state index contributed by atoms with van der Waals surface area (Å²) in [6.07, 6.45) is 4.31. The Morgan fingerprint density at radius 3 is 2.73 bits per heavy atom. The Morgan fingerprint density at radius 1 is 1.07 bits per heavy atom. The average molecular weight is 396 g/mol. The Morgan fingerprint density at radius 2 is 1.90 bits per heavy atom. The number of aryl methyl sites for hydroxylation is 1. The van der Waals surface area contributed by atoms with Crippen LogP contribution in [0.4, 0.5) is 5.82 Å². The van der Waals surface area contributed by atoms with Crippen molar-refractivity contribution in [1.82, 2.24) is 15.2 Å².